The summed E-state index contributed by atoms with van der Waals surface area (Å²) in [5, 5.41) is 3.20. The molecule has 112 valence electrons. The van der Waals surface area contributed by atoms with Gasteiger partial charge in [-0.1, -0.05) is 0 Å². The second kappa shape index (κ2) is 5.45. The van der Waals surface area contributed by atoms with Gasteiger partial charge in [0, 0.05) is 13.1 Å². The summed E-state index contributed by atoms with van der Waals surface area (Å²) in [6.45, 7) is 2.01. The summed E-state index contributed by atoms with van der Waals surface area (Å²) in [5.41, 5.74) is 0.386. The number of hydrogen-bond acceptors (Lipinski definition) is 4. The fourth-order valence-corrected chi connectivity index (χ4v) is 2.21. The number of halogens is 3. The highest BCUT2D eigenvalue weighted by Crippen LogP contribution is 2.28. The van der Waals surface area contributed by atoms with Crippen molar-refractivity contribution in [2.24, 2.45) is 0 Å². The lowest BCUT2D eigenvalue weighted by atomic mass is 10.2. The summed E-state index contributed by atoms with van der Waals surface area (Å²) >= 11 is 0. The molecule has 21 heavy (non-hydrogen) atoms. The van der Waals surface area contributed by atoms with Crippen molar-refractivity contribution in [3.63, 3.8) is 0 Å². The van der Waals surface area contributed by atoms with Crippen molar-refractivity contribution in [3.05, 3.63) is 42.2 Å². The molecule has 1 atom stereocenters. The fraction of sp³-hybridized carbons (Fsp3) is 0.385. The van der Waals surface area contributed by atoms with Gasteiger partial charge in [-0.05, 0) is 12.1 Å². The van der Waals surface area contributed by atoms with Crippen LogP contribution in [0.3, 0.4) is 0 Å². The molecule has 3 heterocycles. The molecule has 1 aliphatic heterocycles. The van der Waals surface area contributed by atoms with E-state index in [1.807, 2.05) is 0 Å². The Morgan fingerprint density at radius 1 is 1.29 bits per heavy atom. The first-order chi connectivity index (χ1) is 10.1. The highest BCUT2D eigenvalue weighted by molar-refractivity contribution is 5.33. The van der Waals surface area contributed by atoms with E-state index in [2.05, 4.69) is 15.3 Å². The minimum atomic E-state index is -4.44. The van der Waals surface area contributed by atoms with Crippen LogP contribution in [0.25, 0.3) is 5.69 Å². The Hall–Kier alpha value is -1.93. The molecule has 1 saturated heterocycles. The molecule has 0 radical (unpaired) electrons. The Kier molecular flexibility index (Phi) is 3.64. The van der Waals surface area contributed by atoms with Crippen LogP contribution in [0.2, 0.25) is 0 Å². The van der Waals surface area contributed by atoms with E-state index in [1.165, 1.54) is 18.6 Å². The molecule has 0 amide bonds. The number of aromatic nitrogens is 3. The van der Waals surface area contributed by atoms with Crippen LogP contribution in [-0.4, -0.2) is 34.2 Å². The average molecular weight is 298 g/mol. The van der Waals surface area contributed by atoms with E-state index < -0.39 is 11.9 Å². The predicted molar refractivity (Wildman–Crippen MR) is 67.9 cm³/mol. The molecule has 0 aliphatic carbocycles. The lowest BCUT2D eigenvalue weighted by Crippen LogP contribution is -2.34. The maximum absolute atomic E-state index is 12.5. The zero-order valence-corrected chi connectivity index (χ0v) is 11.0. The maximum atomic E-state index is 12.5. The molecular weight excluding hydrogens is 285 g/mol. The maximum Gasteiger partial charge on any atom is 0.433 e. The van der Waals surface area contributed by atoms with Gasteiger partial charge in [-0.2, -0.15) is 13.2 Å². The number of rotatable bonds is 2. The van der Waals surface area contributed by atoms with Crippen LogP contribution < -0.4 is 5.32 Å². The van der Waals surface area contributed by atoms with Crippen molar-refractivity contribution in [2.45, 2.75) is 12.3 Å². The summed E-state index contributed by atoms with van der Waals surface area (Å²) in [6.07, 6.45) is -0.243. The Morgan fingerprint density at radius 3 is 2.76 bits per heavy atom. The minimum absolute atomic E-state index is 0.177. The van der Waals surface area contributed by atoms with Crippen LogP contribution in [0, 0.1) is 0 Å². The molecule has 5 nitrogen and oxygen atoms in total. The second-order valence-electron chi connectivity index (χ2n) is 4.65. The molecule has 1 unspecified atom stereocenters. The van der Waals surface area contributed by atoms with Gasteiger partial charge in [0.1, 0.15) is 11.8 Å². The number of morpholine rings is 1. The van der Waals surface area contributed by atoms with Crippen molar-refractivity contribution in [3.8, 4) is 5.69 Å². The molecule has 0 spiro atoms. The van der Waals surface area contributed by atoms with E-state index in [9.17, 15) is 13.2 Å². The Labute approximate surface area is 118 Å². The zero-order valence-electron chi connectivity index (χ0n) is 11.0. The molecule has 1 aliphatic rings. The van der Waals surface area contributed by atoms with E-state index >= 15 is 0 Å². The first-order valence-electron chi connectivity index (χ1n) is 6.44. The fourth-order valence-electron chi connectivity index (χ4n) is 2.21. The first-order valence-corrected chi connectivity index (χ1v) is 6.44. The van der Waals surface area contributed by atoms with Crippen LogP contribution in [0.15, 0.2) is 30.9 Å². The van der Waals surface area contributed by atoms with E-state index in [0.717, 1.165) is 18.3 Å². The molecule has 8 heteroatoms. The Balaban J connectivity index is 1.89. The number of imidazole rings is 1. The van der Waals surface area contributed by atoms with Gasteiger partial charge in [0.25, 0.3) is 0 Å². The summed E-state index contributed by atoms with van der Waals surface area (Å²) in [5.74, 6) is 0. The average Bonchev–Trinajstić information content (AvgIpc) is 2.97. The smallest absolute Gasteiger partial charge is 0.369 e. The molecule has 2 aromatic heterocycles. The van der Waals surface area contributed by atoms with Gasteiger partial charge < -0.3 is 10.1 Å². The molecule has 0 aromatic carbocycles. The molecule has 3 rings (SSSR count). The summed E-state index contributed by atoms with van der Waals surface area (Å²) in [6, 6.07) is 2.33. The largest absolute Gasteiger partial charge is 0.433 e. The summed E-state index contributed by atoms with van der Waals surface area (Å²) < 4.78 is 44.9. The number of pyridine rings is 1. The minimum Gasteiger partial charge on any atom is -0.369 e. The first kappa shape index (κ1) is 14.0. The van der Waals surface area contributed by atoms with E-state index in [1.54, 1.807) is 10.8 Å². The van der Waals surface area contributed by atoms with Gasteiger partial charge in [0.2, 0.25) is 0 Å². The van der Waals surface area contributed by atoms with Crippen LogP contribution in [0.4, 0.5) is 13.2 Å². The molecule has 1 fully saturated rings. The molecule has 0 saturated carbocycles. The number of alkyl halides is 3. The van der Waals surface area contributed by atoms with Crippen LogP contribution >= 0.6 is 0 Å². The van der Waals surface area contributed by atoms with Crippen LogP contribution in [-0.2, 0) is 10.9 Å². The number of ether oxygens (including phenoxy) is 1. The lowest BCUT2D eigenvalue weighted by molar-refractivity contribution is -0.141. The van der Waals surface area contributed by atoms with Gasteiger partial charge >= 0.3 is 6.18 Å². The number of nitrogens with one attached hydrogen (secondary N) is 1. The van der Waals surface area contributed by atoms with Crippen molar-refractivity contribution < 1.29 is 17.9 Å². The molecular formula is C13H13F3N4O. The highest BCUT2D eigenvalue weighted by atomic mass is 19.4. The third-order valence-corrected chi connectivity index (χ3v) is 3.24. The van der Waals surface area contributed by atoms with Crippen LogP contribution in [0.1, 0.15) is 17.5 Å². The zero-order chi connectivity index (χ0) is 14.9. The van der Waals surface area contributed by atoms with E-state index in [-0.39, 0.29) is 6.10 Å². The summed E-state index contributed by atoms with van der Waals surface area (Å²) in [4.78, 5) is 7.51. The quantitative estimate of drug-likeness (QED) is 0.920. The number of nitrogens with zero attached hydrogens (tertiary/aromatic N) is 3. The van der Waals surface area contributed by atoms with Gasteiger partial charge in [0.15, 0.2) is 0 Å². The van der Waals surface area contributed by atoms with Gasteiger partial charge in [-0.15, -0.1) is 0 Å². The topological polar surface area (TPSA) is 52.0 Å². The third-order valence-electron chi connectivity index (χ3n) is 3.24. The van der Waals surface area contributed by atoms with Gasteiger partial charge in [0.05, 0.1) is 36.7 Å². The SMILES string of the molecule is FC(F)(F)c1ccc(-n2cncc2C2CNCCO2)cn1. The summed E-state index contributed by atoms with van der Waals surface area (Å²) in [7, 11) is 0. The van der Waals surface area contributed by atoms with Crippen molar-refractivity contribution >= 4 is 0 Å². The van der Waals surface area contributed by atoms with E-state index in [0.29, 0.717) is 18.8 Å². The normalized spacial score (nSPS) is 19.7. The monoisotopic (exact) mass is 298 g/mol. The predicted octanol–water partition coefficient (Wildman–Crippen LogP) is 1.95. The van der Waals surface area contributed by atoms with Crippen molar-refractivity contribution in [1.82, 2.24) is 19.9 Å². The molecule has 1 N–H and O–H groups in total. The lowest BCUT2D eigenvalue weighted by Gasteiger charge is -2.24. The van der Waals surface area contributed by atoms with Crippen LogP contribution in [0.5, 0.6) is 0 Å². The van der Waals surface area contributed by atoms with Crippen molar-refractivity contribution in [2.75, 3.05) is 19.7 Å². The van der Waals surface area contributed by atoms with E-state index in [4.69, 9.17) is 4.74 Å². The Bertz CT molecular complexity index is 603. The third kappa shape index (κ3) is 2.91. The molecule has 0 bridgehead atoms. The van der Waals surface area contributed by atoms with Gasteiger partial charge in [-0.25, -0.2) is 9.97 Å². The second-order valence-corrected chi connectivity index (χ2v) is 4.65. The highest BCUT2D eigenvalue weighted by Gasteiger charge is 2.32. The van der Waals surface area contributed by atoms with Crippen molar-refractivity contribution in [1.29, 1.82) is 0 Å². The Morgan fingerprint density at radius 2 is 2.14 bits per heavy atom. The standard InChI is InChI=1S/C13H13F3N4O/c14-13(15,16)12-2-1-9(5-19-12)20-8-18-6-10(20)11-7-17-3-4-21-11/h1-2,5-6,8,11,17H,3-4,7H2. The molecule has 2 aromatic rings. The number of hydrogen-bond donors (Lipinski definition) is 1. The van der Waals surface area contributed by atoms with Gasteiger partial charge in [-0.3, -0.25) is 4.57 Å².